The maximum atomic E-state index is 12.4. The van der Waals surface area contributed by atoms with Crippen molar-refractivity contribution >= 4 is 62.7 Å². The zero-order valence-corrected chi connectivity index (χ0v) is 25.2. The van der Waals surface area contributed by atoms with Gasteiger partial charge in [-0.25, -0.2) is 9.78 Å². The van der Waals surface area contributed by atoms with E-state index in [1.54, 1.807) is 30.3 Å². The molecular weight excluding hydrogens is 572 g/mol. The summed E-state index contributed by atoms with van der Waals surface area (Å²) in [5.74, 6) is 0.953. The zero-order valence-electron chi connectivity index (χ0n) is 24.4. The Morgan fingerprint density at radius 2 is 1.57 bits per heavy atom. The van der Waals surface area contributed by atoms with Crippen LogP contribution in [0.25, 0.3) is 21.8 Å². The first kappa shape index (κ1) is 29.9. The summed E-state index contributed by atoms with van der Waals surface area (Å²) in [5, 5.41) is 5.21. The van der Waals surface area contributed by atoms with E-state index >= 15 is 0 Å². The van der Waals surface area contributed by atoms with E-state index in [0.29, 0.717) is 27.3 Å². The van der Waals surface area contributed by atoms with Gasteiger partial charge in [-0.15, -0.1) is 0 Å². The molecule has 2 N–H and O–H groups in total. The van der Waals surface area contributed by atoms with Crippen LogP contribution in [0.3, 0.4) is 0 Å². The van der Waals surface area contributed by atoms with E-state index < -0.39 is 6.09 Å². The van der Waals surface area contributed by atoms with Gasteiger partial charge in [0, 0.05) is 23.9 Å². The third-order valence-electron chi connectivity index (χ3n) is 6.77. The first-order chi connectivity index (χ1) is 21.3. The van der Waals surface area contributed by atoms with Gasteiger partial charge in [0.1, 0.15) is 5.75 Å². The molecule has 220 valence electrons. The standard InChI is InChI=1S/C19H17NOS.C16H13N3O3/c1-14-6-5-9-17(12-14)20(2)19(22)21-18-11-10-15-7-3-4-8-16(15)13-18;1-22-16(21)19-15-17-12-8-7-11(9-13(12)18-15)14(20)10-5-3-2-4-6-10/h3-13H,1-2H3;2-9H,1H3,(H2,17,18,19,21). The van der Waals surface area contributed by atoms with Crippen LogP contribution in [0.2, 0.25) is 0 Å². The van der Waals surface area contributed by atoms with Gasteiger partial charge in [0.2, 0.25) is 5.95 Å². The van der Waals surface area contributed by atoms with Crippen LogP contribution in [0.4, 0.5) is 16.4 Å². The number of carbonyl (C=O) groups excluding carboxylic acids is 2. The number of fused-ring (bicyclic) bond motifs is 2. The molecule has 44 heavy (non-hydrogen) atoms. The number of thiocarbonyl (C=S) groups is 1. The Balaban J connectivity index is 0.000000175. The van der Waals surface area contributed by atoms with Gasteiger partial charge in [-0.2, -0.15) is 0 Å². The smallest absolute Gasteiger partial charge is 0.413 e. The van der Waals surface area contributed by atoms with E-state index in [0.717, 1.165) is 16.8 Å². The summed E-state index contributed by atoms with van der Waals surface area (Å²) in [6.45, 7) is 2.06. The van der Waals surface area contributed by atoms with E-state index in [-0.39, 0.29) is 11.7 Å². The summed E-state index contributed by atoms with van der Waals surface area (Å²) in [7, 11) is 3.19. The van der Waals surface area contributed by atoms with Gasteiger partial charge in [0.05, 0.1) is 18.1 Å². The van der Waals surface area contributed by atoms with Crippen LogP contribution in [0, 0.1) is 6.92 Å². The van der Waals surface area contributed by atoms with Crippen LogP contribution in [-0.4, -0.2) is 41.2 Å². The number of nitrogens with zero attached hydrogens (tertiary/aromatic N) is 2. The second-order valence-corrected chi connectivity index (χ2v) is 10.3. The van der Waals surface area contributed by atoms with E-state index in [2.05, 4.69) is 51.2 Å². The molecule has 9 heteroatoms. The highest BCUT2D eigenvalue weighted by Crippen LogP contribution is 2.23. The lowest BCUT2D eigenvalue weighted by atomic mass is 10.0. The molecule has 0 atom stereocenters. The van der Waals surface area contributed by atoms with Gasteiger partial charge in [0.15, 0.2) is 5.78 Å². The fraction of sp³-hybridized carbons (Fsp3) is 0.0857. The number of benzene rings is 5. The molecule has 0 aliphatic carbocycles. The minimum absolute atomic E-state index is 0.0698. The summed E-state index contributed by atoms with van der Waals surface area (Å²) in [6.07, 6.45) is -0.611. The summed E-state index contributed by atoms with van der Waals surface area (Å²) < 4.78 is 10.3. The molecule has 0 radical (unpaired) electrons. The summed E-state index contributed by atoms with van der Waals surface area (Å²) in [6, 6.07) is 36.5. The number of anilines is 2. The quantitative estimate of drug-likeness (QED) is 0.153. The number of carbonyl (C=O) groups is 2. The van der Waals surface area contributed by atoms with Crippen LogP contribution in [0.1, 0.15) is 21.5 Å². The molecule has 0 unspecified atom stereocenters. The highest BCUT2D eigenvalue weighted by atomic mass is 32.1. The molecule has 1 amide bonds. The molecule has 0 fully saturated rings. The topological polar surface area (TPSA) is 96.5 Å². The number of ketones is 1. The van der Waals surface area contributed by atoms with Gasteiger partial charge >= 0.3 is 6.09 Å². The van der Waals surface area contributed by atoms with Crippen molar-refractivity contribution in [2.45, 2.75) is 6.92 Å². The molecule has 8 nitrogen and oxygen atoms in total. The van der Waals surface area contributed by atoms with Crippen molar-refractivity contribution < 1.29 is 19.1 Å². The van der Waals surface area contributed by atoms with Gasteiger partial charge in [-0.1, -0.05) is 72.8 Å². The number of aryl methyl sites for hydroxylation is 1. The zero-order chi connectivity index (χ0) is 31.1. The second kappa shape index (κ2) is 13.6. The minimum atomic E-state index is -0.611. The average molecular weight is 603 g/mol. The molecule has 1 heterocycles. The molecule has 0 aliphatic rings. The van der Waals surface area contributed by atoms with Crippen molar-refractivity contribution in [1.29, 1.82) is 0 Å². The highest BCUT2D eigenvalue weighted by Gasteiger charge is 2.12. The fourth-order valence-corrected chi connectivity index (χ4v) is 4.66. The molecule has 6 rings (SSSR count). The highest BCUT2D eigenvalue weighted by molar-refractivity contribution is 7.80. The van der Waals surface area contributed by atoms with Crippen molar-refractivity contribution in [3.63, 3.8) is 0 Å². The molecule has 0 spiro atoms. The van der Waals surface area contributed by atoms with Crippen molar-refractivity contribution in [3.05, 3.63) is 132 Å². The lowest BCUT2D eigenvalue weighted by molar-refractivity contribution is 0.103. The number of H-pyrrole nitrogens is 1. The van der Waals surface area contributed by atoms with Crippen LogP contribution in [-0.2, 0) is 4.74 Å². The normalized spacial score (nSPS) is 10.4. The Kier molecular flexibility index (Phi) is 9.27. The number of aromatic nitrogens is 2. The molecule has 0 saturated heterocycles. The number of nitrogens with one attached hydrogen (secondary N) is 2. The predicted octanol–water partition coefficient (Wildman–Crippen LogP) is 7.92. The maximum Gasteiger partial charge on any atom is 0.413 e. The number of imidazole rings is 1. The van der Waals surface area contributed by atoms with Crippen LogP contribution in [0.15, 0.2) is 115 Å². The van der Waals surface area contributed by atoms with Crippen molar-refractivity contribution in [1.82, 2.24) is 9.97 Å². The Bertz CT molecular complexity index is 1960. The minimum Gasteiger partial charge on any atom is -0.453 e. The molecule has 0 aliphatic heterocycles. The molecule has 1 aromatic heterocycles. The number of rotatable bonds is 5. The number of hydrogen-bond acceptors (Lipinski definition) is 6. The summed E-state index contributed by atoms with van der Waals surface area (Å²) >= 11 is 5.41. The largest absolute Gasteiger partial charge is 0.453 e. The van der Waals surface area contributed by atoms with Crippen LogP contribution in [0.5, 0.6) is 5.75 Å². The van der Waals surface area contributed by atoms with E-state index in [1.807, 2.05) is 72.6 Å². The first-order valence-electron chi connectivity index (χ1n) is 13.8. The lowest BCUT2D eigenvalue weighted by Gasteiger charge is -2.20. The molecule has 6 aromatic rings. The van der Waals surface area contributed by atoms with E-state index in [1.165, 1.54) is 18.1 Å². The van der Waals surface area contributed by atoms with E-state index in [9.17, 15) is 9.59 Å². The van der Waals surface area contributed by atoms with Crippen molar-refractivity contribution in [2.24, 2.45) is 0 Å². The third kappa shape index (κ3) is 7.26. The first-order valence-corrected chi connectivity index (χ1v) is 14.2. The monoisotopic (exact) mass is 602 g/mol. The van der Waals surface area contributed by atoms with Crippen LogP contribution < -0.4 is 15.0 Å². The van der Waals surface area contributed by atoms with Gasteiger partial charge in [0.25, 0.3) is 5.17 Å². The molecular formula is C35H30N4O4S. The Morgan fingerprint density at radius 1 is 0.818 bits per heavy atom. The Morgan fingerprint density at radius 3 is 2.32 bits per heavy atom. The number of aromatic amines is 1. The average Bonchev–Trinajstić information content (AvgIpc) is 3.46. The molecule has 0 saturated carbocycles. The number of amides is 1. The fourth-order valence-electron chi connectivity index (χ4n) is 4.46. The van der Waals surface area contributed by atoms with E-state index in [4.69, 9.17) is 17.0 Å². The number of hydrogen-bond donors (Lipinski definition) is 2. The van der Waals surface area contributed by atoms with Crippen molar-refractivity contribution in [2.75, 3.05) is 24.4 Å². The van der Waals surface area contributed by atoms with Gasteiger partial charge in [-0.3, -0.25) is 10.1 Å². The second-order valence-electron chi connectivity index (χ2n) is 9.90. The van der Waals surface area contributed by atoms with Crippen LogP contribution >= 0.6 is 12.2 Å². The third-order valence-corrected chi connectivity index (χ3v) is 7.13. The lowest BCUT2D eigenvalue weighted by Crippen LogP contribution is -2.29. The summed E-state index contributed by atoms with van der Waals surface area (Å²) in [4.78, 5) is 32.6. The molecule has 5 aromatic carbocycles. The maximum absolute atomic E-state index is 12.4. The van der Waals surface area contributed by atoms with Gasteiger partial charge < -0.3 is 19.4 Å². The predicted molar refractivity (Wildman–Crippen MR) is 179 cm³/mol. The Hall–Kier alpha value is -5.54. The Labute approximate surface area is 260 Å². The molecule has 0 bridgehead atoms. The number of ether oxygens (including phenoxy) is 2. The summed E-state index contributed by atoms with van der Waals surface area (Å²) in [5.41, 5.74) is 4.69. The SMILES string of the molecule is COC(=O)Nc1nc2ccc(C(=O)c3ccccc3)cc2[nH]1.Cc1cccc(N(C)C(=S)Oc2ccc3ccccc3c2)c1. The number of methoxy groups -OCH3 is 1. The van der Waals surface area contributed by atoms with Gasteiger partial charge in [-0.05, 0) is 77.9 Å². The van der Waals surface area contributed by atoms with Crippen molar-refractivity contribution in [3.8, 4) is 5.75 Å².